The molecular formula is C14H18N2O3S. The Kier molecular flexibility index (Phi) is 4.92. The molecule has 1 fully saturated rings. The maximum absolute atomic E-state index is 12.1. The number of para-hydroxylation sites is 1. The van der Waals surface area contributed by atoms with Crippen molar-refractivity contribution < 1.29 is 14.6 Å². The van der Waals surface area contributed by atoms with Crippen LogP contribution in [0.15, 0.2) is 24.3 Å². The van der Waals surface area contributed by atoms with E-state index in [0.717, 1.165) is 12.8 Å². The molecule has 0 spiro atoms. The fourth-order valence-electron chi connectivity index (χ4n) is 2.02. The van der Waals surface area contributed by atoms with Crippen LogP contribution < -0.4 is 10.5 Å². The molecule has 0 aromatic heterocycles. The zero-order valence-electron chi connectivity index (χ0n) is 11.1. The Hall–Kier alpha value is -1.66. The molecule has 5 nitrogen and oxygen atoms in total. The van der Waals surface area contributed by atoms with Crippen molar-refractivity contribution in [1.82, 2.24) is 4.90 Å². The highest BCUT2D eigenvalue weighted by atomic mass is 32.1. The van der Waals surface area contributed by atoms with Crippen LogP contribution in [0.2, 0.25) is 0 Å². The van der Waals surface area contributed by atoms with Crippen LogP contribution in [0.4, 0.5) is 0 Å². The lowest BCUT2D eigenvalue weighted by atomic mass is 10.2. The summed E-state index contributed by atoms with van der Waals surface area (Å²) in [6.45, 7) is 0.242. The molecule has 3 N–H and O–H groups in total. The number of carbonyl (C=O) groups is 1. The molecule has 0 radical (unpaired) electrons. The number of aliphatic hydroxyl groups excluding tert-OH is 1. The summed E-state index contributed by atoms with van der Waals surface area (Å²) >= 11 is 4.94. The van der Waals surface area contributed by atoms with Crippen LogP contribution in [0.5, 0.6) is 5.75 Å². The molecule has 0 saturated heterocycles. The van der Waals surface area contributed by atoms with Gasteiger partial charge in [-0.25, -0.2) is 0 Å². The SMILES string of the molecule is NC(=S)c1ccccc1OCC(=O)N(CCO)C1CC1. The van der Waals surface area contributed by atoms with Gasteiger partial charge in [0.15, 0.2) is 6.61 Å². The Balaban J connectivity index is 1.97. The summed E-state index contributed by atoms with van der Waals surface area (Å²) in [7, 11) is 0. The summed E-state index contributed by atoms with van der Waals surface area (Å²) in [4.78, 5) is 14.0. The average Bonchev–Trinajstić information content (AvgIpc) is 3.26. The lowest BCUT2D eigenvalue weighted by Crippen LogP contribution is -2.38. The lowest BCUT2D eigenvalue weighted by Gasteiger charge is -2.21. The number of hydrogen-bond donors (Lipinski definition) is 2. The monoisotopic (exact) mass is 294 g/mol. The smallest absolute Gasteiger partial charge is 0.260 e. The Morgan fingerprint density at radius 3 is 2.75 bits per heavy atom. The van der Waals surface area contributed by atoms with Crippen molar-refractivity contribution in [3.63, 3.8) is 0 Å². The van der Waals surface area contributed by atoms with Gasteiger partial charge in [0.2, 0.25) is 0 Å². The van der Waals surface area contributed by atoms with Crippen LogP contribution in [0.25, 0.3) is 0 Å². The minimum Gasteiger partial charge on any atom is -0.483 e. The van der Waals surface area contributed by atoms with Gasteiger partial charge < -0.3 is 20.5 Å². The van der Waals surface area contributed by atoms with Gasteiger partial charge in [0.05, 0.1) is 12.2 Å². The van der Waals surface area contributed by atoms with Gasteiger partial charge in [-0.1, -0.05) is 24.4 Å². The van der Waals surface area contributed by atoms with Crippen molar-refractivity contribution in [2.75, 3.05) is 19.8 Å². The highest BCUT2D eigenvalue weighted by Crippen LogP contribution is 2.26. The molecule has 1 aliphatic carbocycles. The van der Waals surface area contributed by atoms with E-state index < -0.39 is 0 Å². The van der Waals surface area contributed by atoms with Crippen LogP contribution >= 0.6 is 12.2 Å². The first kappa shape index (κ1) is 14.7. The highest BCUT2D eigenvalue weighted by Gasteiger charge is 2.32. The van der Waals surface area contributed by atoms with Gasteiger partial charge in [0.1, 0.15) is 10.7 Å². The maximum atomic E-state index is 12.1. The molecule has 0 unspecified atom stereocenters. The fourth-order valence-corrected chi connectivity index (χ4v) is 2.19. The number of thiocarbonyl (C=S) groups is 1. The van der Waals surface area contributed by atoms with Crippen LogP contribution in [-0.2, 0) is 4.79 Å². The first-order chi connectivity index (χ1) is 9.63. The van der Waals surface area contributed by atoms with E-state index in [1.807, 2.05) is 6.07 Å². The van der Waals surface area contributed by atoms with Crippen LogP contribution in [0, 0.1) is 0 Å². The fraction of sp³-hybridized carbons (Fsp3) is 0.429. The lowest BCUT2D eigenvalue weighted by molar-refractivity contribution is -0.134. The number of hydrogen-bond acceptors (Lipinski definition) is 4. The van der Waals surface area contributed by atoms with E-state index in [-0.39, 0.29) is 30.2 Å². The second-order valence-corrected chi connectivity index (χ2v) is 5.13. The van der Waals surface area contributed by atoms with Gasteiger partial charge in [0, 0.05) is 12.6 Å². The number of amides is 1. The van der Waals surface area contributed by atoms with E-state index in [0.29, 0.717) is 17.9 Å². The average molecular weight is 294 g/mol. The number of rotatable bonds is 7. The molecule has 0 aliphatic heterocycles. The first-order valence-corrected chi connectivity index (χ1v) is 6.96. The second kappa shape index (κ2) is 6.67. The van der Waals surface area contributed by atoms with E-state index in [1.165, 1.54) is 0 Å². The van der Waals surface area contributed by atoms with E-state index in [4.69, 9.17) is 27.8 Å². The number of carbonyl (C=O) groups excluding carboxylic acids is 1. The van der Waals surface area contributed by atoms with Crippen molar-refractivity contribution in [2.45, 2.75) is 18.9 Å². The third-order valence-electron chi connectivity index (χ3n) is 3.15. The minimum absolute atomic E-state index is 0.0360. The molecule has 6 heteroatoms. The van der Waals surface area contributed by atoms with Crippen molar-refractivity contribution in [1.29, 1.82) is 0 Å². The molecule has 1 aromatic carbocycles. The summed E-state index contributed by atoms with van der Waals surface area (Å²) in [5.74, 6) is 0.382. The molecular weight excluding hydrogens is 276 g/mol. The molecule has 1 saturated carbocycles. The summed E-state index contributed by atoms with van der Waals surface area (Å²) in [6.07, 6.45) is 1.99. The van der Waals surface area contributed by atoms with E-state index in [9.17, 15) is 4.79 Å². The topological polar surface area (TPSA) is 75.8 Å². The van der Waals surface area contributed by atoms with Gasteiger partial charge >= 0.3 is 0 Å². The predicted molar refractivity (Wildman–Crippen MR) is 79.6 cm³/mol. The summed E-state index contributed by atoms with van der Waals surface area (Å²) in [6, 6.07) is 7.35. The van der Waals surface area contributed by atoms with Crippen molar-refractivity contribution in [2.24, 2.45) is 5.73 Å². The predicted octanol–water partition coefficient (Wildman–Crippen LogP) is 0.683. The quantitative estimate of drug-likeness (QED) is 0.723. The second-order valence-electron chi connectivity index (χ2n) is 4.69. The highest BCUT2D eigenvalue weighted by molar-refractivity contribution is 7.80. The molecule has 1 aromatic rings. The number of nitrogens with zero attached hydrogens (tertiary/aromatic N) is 1. The van der Waals surface area contributed by atoms with Gasteiger partial charge in [0.25, 0.3) is 5.91 Å². The molecule has 108 valence electrons. The zero-order valence-corrected chi connectivity index (χ0v) is 11.9. The van der Waals surface area contributed by atoms with Gasteiger partial charge in [-0.05, 0) is 25.0 Å². The number of nitrogens with two attached hydrogens (primary N) is 1. The zero-order chi connectivity index (χ0) is 14.5. The van der Waals surface area contributed by atoms with Gasteiger partial charge in [-0.2, -0.15) is 0 Å². The Bertz CT molecular complexity index is 503. The Morgan fingerprint density at radius 1 is 1.45 bits per heavy atom. The third-order valence-corrected chi connectivity index (χ3v) is 3.37. The van der Waals surface area contributed by atoms with Crippen molar-refractivity contribution in [3.05, 3.63) is 29.8 Å². The Labute approximate surface area is 123 Å². The van der Waals surface area contributed by atoms with Crippen LogP contribution in [0.3, 0.4) is 0 Å². The molecule has 0 heterocycles. The molecule has 0 atom stereocenters. The number of benzene rings is 1. The largest absolute Gasteiger partial charge is 0.483 e. The van der Waals surface area contributed by atoms with E-state index >= 15 is 0 Å². The normalized spacial score (nSPS) is 13.8. The Morgan fingerprint density at radius 2 is 2.15 bits per heavy atom. The summed E-state index contributed by atoms with van der Waals surface area (Å²) in [5, 5.41) is 9.00. The van der Waals surface area contributed by atoms with Crippen LogP contribution in [0.1, 0.15) is 18.4 Å². The molecule has 0 bridgehead atoms. The van der Waals surface area contributed by atoms with Gasteiger partial charge in [-0.3, -0.25) is 4.79 Å². The summed E-state index contributed by atoms with van der Waals surface area (Å²) in [5.41, 5.74) is 6.23. The third kappa shape index (κ3) is 3.68. The standard InChI is InChI=1S/C14H18N2O3S/c15-14(20)11-3-1-2-4-12(11)19-9-13(18)16(7-8-17)10-5-6-10/h1-4,10,17H,5-9H2,(H2,15,20). The first-order valence-electron chi connectivity index (χ1n) is 6.55. The van der Waals surface area contributed by atoms with Crippen molar-refractivity contribution >= 4 is 23.1 Å². The molecule has 2 rings (SSSR count). The molecule has 1 aliphatic rings. The number of ether oxygens (including phenoxy) is 1. The van der Waals surface area contributed by atoms with Crippen molar-refractivity contribution in [3.8, 4) is 5.75 Å². The maximum Gasteiger partial charge on any atom is 0.260 e. The molecule has 20 heavy (non-hydrogen) atoms. The minimum atomic E-state index is -0.126. The number of aliphatic hydroxyl groups is 1. The van der Waals surface area contributed by atoms with Gasteiger partial charge in [-0.15, -0.1) is 0 Å². The van der Waals surface area contributed by atoms with E-state index in [1.54, 1.807) is 23.1 Å². The van der Waals surface area contributed by atoms with E-state index in [2.05, 4.69) is 0 Å². The van der Waals surface area contributed by atoms with Crippen LogP contribution in [-0.4, -0.2) is 46.7 Å². The summed E-state index contributed by atoms with van der Waals surface area (Å²) < 4.78 is 5.53. The molecule has 1 amide bonds.